The molecule has 0 aliphatic carbocycles. The van der Waals surface area contributed by atoms with Gasteiger partial charge < -0.3 is 14.2 Å². The van der Waals surface area contributed by atoms with Crippen LogP contribution in [0.15, 0.2) is 83.5 Å². The summed E-state index contributed by atoms with van der Waals surface area (Å²) >= 11 is 3.59. The number of fused-ring (bicyclic) bond motifs is 1. The number of halogens is 1. The zero-order chi connectivity index (χ0) is 25.2. The Kier molecular flexibility index (Phi) is 6.76. The molecule has 0 bridgehead atoms. The van der Waals surface area contributed by atoms with Gasteiger partial charge in [-0.3, -0.25) is 14.9 Å². The average Bonchev–Trinajstić information content (AvgIpc) is 3.39. The summed E-state index contributed by atoms with van der Waals surface area (Å²) in [6.07, 6.45) is 2.81. The van der Waals surface area contributed by atoms with Crippen molar-refractivity contribution in [1.82, 2.24) is 14.8 Å². The molecule has 0 unspecified atom stereocenters. The molecule has 4 aromatic rings. The van der Waals surface area contributed by atoms with Crippen molar-refractivity contribution in [3.63, 3.8) is 0 Å². The number of aromatic nitrogens is 1. The number of rotatable bonds is 8. The fraction of sp³-hybridized carbons (Fsp3) is 0.172. The second-order valence-electron chi connectivity index (χ2n) is 8.95. The molecule has 2 heterocycles. The standard InChI is InChI=1S/C29H26BrN3O3/c1-32(2)15-8-16-36-20-13-14-24(30)22(17-20)26-27(29(35)31-28(26)34)23-18-33(19-9-4-3-5-10-19)25-12-7-6-11-21(23)25/h3-7,9-14,17-18H,8,15-16H2,1-2H3,(H,31,34,35). The minimum Gasteiger partial charge on any atom is -0.494 e. The van der Waals surface area contributed by atoms with Crippen LogP contribution in [-0.2, 0) is 9.59 Å². The van der Waals surface area contributed by atoms with Crippen LogP contribution in [0.5, 0.6) is 5.75 Å². The number of ether oxygens (including phenoxy) is 1. The maximum absolute atomic E-state index is 13.2. The lowest BCUT2D eigenvalue weighted by molar-refractivity contribution is -0.122. The van der Waals surface area contributed by atoms with Gasteiger partial charge in [-0.25, -0.2) is 0 Å². The molecule has 0 saturated carbocycles. The first-order valence-electron chi connectivity index (χ1n) is 11.8. The first-order chi connectivity index (χ1) is 17.4. The minimum atomic E-state index is -0.419. The van der Waals surface area contributed by atoms with Gasteiger partial charge in [0.25, 0.3) is 11.8 Å². The van der Waals surface area contributed by atoms with Crippen LogP contribution >= 0.6 is 15.9 Å². The third-order valence-electron chi connectivity index (χ3n) is 6.17. The quantitative estimate of drug-likeness (QED) is 0.242. The maximum atomic E-state index is 13.2. The van der Waals surface area contributed by atoms with E-state index in [1.54, 1.807) is 0 Å². The zero-order valence-electron chi connectivity index (χ0n) is 20.1. The van der Waals surface area contributed by atoms with E-state index in [9.17, 15) is 9.59 Å². The van der Waals surface area contributed by atoms with E-state index in [0.29, 0.717) is 39.1 Å². The monoisotopic (exact) mass is 543 g/mol. The van der Waals surface area contributed by atoms with Crippen molar-refractivity contribution < 1.29 is 14.3 Å². The summed E-state index contributed by atoms with van der Waals surface area (Å²) in [6, 6.07) is 23.4. The third-order valence-corrected chi connectivity index (χ3v) is 6.86. The molecule has 6 nitrogen and oxygen atoms in total. The zero-order valence-corrected chi connectivity index (χ0v) is 21.7. The SMILES string of the molecule is CN(C)CCCOc1ccc(Br)c(C2=C(c3cn(-c4ccccc4)c4ccccc34)C(=O)NC2=O)c1. The molecule has 36 heavy (non-hydrogen) atoms. The molecule has 0 radical (unpaired) electrons. The van der Waals surface area contributed by atoms with Crippen molar-refractivity contribution in [2.45, 2.75) is 6.42 Å². The Hall–Kier alpha value is -3.68. The van der Waals surface area contributed by atoms with E-state index in [1.165, 1.54) is 0 Å². The van der Waals surface area contributed by atoms with Gasteiger partial charge in [-0.05, 0) is 56.9 Å². The largest absolute Gasteiger partial charge is 0.494 e. The minimum absolute atomic E-state index is 0.335. The predicted octanol–water partition coefficient (Wildman–Crippen LogP) is 5.29. The average molecular weight is 544 g/mol. The van der Waals surface area contributed by atoms with Crippen molar-refractivity contribution in [2.24, 2.45) is 0 Å². The topological polar surface area (TPSA) is 63.6 Å². The van der Waals surface area contributed by atoms with Crippen LogP contribution in [0.25, 0.3) is 27.7 Å². The first-order valence-corrected chi connectivity index (χ1v) is 12.6. The summed E-state index contributed by atoms with van der Waals surface area (Å²) in [7, 11) is 4.05. The number of imide groups is 1. The first kappa shape index (κ1) is 24.0. The normalized spacial score (nSPS) is 13.7. The second-order valence-corrected chi connectivity index (χ2v) is 9.80. The molecule has 3 aromatic carbocycles. The Morgan fingerprint density at radius 2 is 1.58 bits per heavy atom. The van der Waals surface area contributed by atoms with Crippen LogP contribution in [0.1, 0.15) is 17.5 Å². The lowest BCUT2D eigenvalue weighted by atomic mass is 9.96. The molecule has 7 heteroatoms. The highest BCUT2D eigenvalue weighted by molar-refractivity contribution is 9.10. The highest BCUT2D eigenvalue weighted by atomic mass is 79.9. The van der Waals surface area contributed by atoms with Crippen molar-refractivity contribution >= 4 is 49.8 Å². The molecule has 1 aromatic heterocycles. The Balaban J connectivity index is 1.63. The molecule has 1 N–H and O–H groups in total. The van der Waals surface area contributed by atoms with Gasteiger partial charge in [0.1, 0.15) is 5.75 Å². The van der Waals surface area contributed by atoms with E-state index < -0.39 is 11.8 Å². The second kappa shape index (κ2) is 10.1. The van der Waals surface area contributed by atoms with Crippen molar-refractivity contribution in [3.05, 3.63) is 94.6 Å². The number of amides is 2. The number of hydrogen-bond donors (Lipinski definition) is 1. The Labute approximate surface area is 218 Å². The molecule has 0 saturated heterocycles. The number of para-hydroxylation sites is 2. The van der Waals surface area contributed by atoms with Gasteiger partial charge in [0.2, 0.25) is 0 Å². The molecule has 2 amide bonds. The predicted molar refractivity (Wildman–Crippen MR) is 146 cm³/mol. The van der Waals surface area contributed by atoms with Gasteiger partial charge in [0.05, 0.1) is 23.3 Å². The van der Waals surface area contributed by atoms with Crippen LogP contribution in [-0.4, -0.2) is 48.5 Å². The highest BCUT2D eigenvalue weighted by Crippen LogP contribution is 2.40. The summed E-state index contributed by atoms with van der Waals surface area (Å²) in [5.41, 5.74) is 3.95. The third kappa shape index (κ3) is 4.59. The van der Waals surface area contributed by atoms with Gasteiger partial charge in [0.15, 0.2) is 0 Å². The summed E-state index contributed by atoms with van der Waals surface area (Å²) in [6.45, 7) is 1.47. The van der Waals surface area contributed by atoms with Crippen LogP contribution in [0, 0.1) is 0 Å². The molecular weight excluding hydrogens is 518 g/mol. The Morgan fingerprint density at radius 1 is 0.889 bits per heavy atom. The fourth-order valence-electron chi connectivity index (χ4n) is 4.51. The van der Waals surface area contributed by atoms with Gasteiger partial charge in [-0.1, -0.05) is 52.3 Å². The summed E-state index contributed by atoms with van der Waals surface area (Å²) in [5, 5.41) is 3.41. The number of nitrogens with zero attached hydrogens (tertiary/aromatic N) is 2. The fourth-order valence-corrected chi connectivity index (χ4v) is 4.95. The number of benzene rings is 3. The number of nitrogens with one attached hydrogen (secondary N) is 1. The molecule has 5 rings (SSSR count). The molecule has 182 valence electrons. The highest BCUT2D eigenvalue weighted by Gasteiger charge is 2.35. The number of carbonyl (C=O) groups is 2. The molecule has 0 fully saturated rings. The van der Waals surface area contributed by atoms with E-state index in [0.717, 1.165) is 29.6 Å². The van der Waals surface area contributed by atoms with Gasteiger partial charge in [-0.2, -0.15) is 0 Å². The Bertz CT molecular complexity index is 1490. The molecule has 1 aliphatic heterocycles. The van der Waals surface area contributed by atoms with Gasteiger partial charge >= 0.3 is 0 Å². The summed E-state index contributed by atoms with van der Waals surface area (Å²) in [5.74, 6) is -0.176. The van der Waals surface area contributed by atoms with Crippen molar-refractivity contribution in [1.29, 1.82) is 0 Å². The molecule has 0 atom stereocenters. The maximum Gasteiger partial charge on any atom is 0.259 e. The lowest BCUT2D eigenvalue weighted by Crippen LogP contribution is -2.22. The summed E-state index contributed by atoms with van der Waals surface area (Å²) in [4.78, 5) is 28.4. The Morgan fingerprint density at radius 3 is 2.33 bits per heavy atom. The van der Waals surface area contributed by atoms with E-state index in [2.05, 4.69) is 26.1 Å². The van der Waals surface area contributed by atoms with Crippen LogP contribution in [0.4, 0.5) is 0 Å². The molecule has 1 aliphatic rings. The van der Waals surface area contributed by atoms with Crippen molar-refractivity contribution in [2.75, 3.05) is 27.2 Å². The van der Waals surface area contributed by atoms with Crippen LogP contribution in [0.3, 0.4) is 0 Å². The van der Waals surface area contributed by atoms with E-state index in [-0.39, 0.29) is 0 Å². The number of hydrogen-bond acceptors (Lipinski definition) is 4. The van der Waals surface area contributed by atoms with Crippen LogP contribution < -0.4 is 10.1 Å². The van der Waals surface area contributed by atoms with E-state index >= 15 is 0 Å². The summed E-state index contributed by atoms with van der Waals surface area (Å²) < 4.78 is 8.72. The van der Waals surface area contributed by atoms with Crippen LogP contribution in [0.2, 0.25) is 0 Å². The molecular formula is C29H26BrN3O3. The van der Waals surface area contributed by atoms with E-state index in [1.807, 2.05) is 97.7 Å². The molecule has 0 spiro atoms. The van der Waals surface area contributed by atoms with Crippen molar-refractivity contribution in [3.8, 4) is 11.4 Å². The van der Waals surface area contributed by atoms with Gasteiger partial charge in [0, 0.05) is 39.4 Å². The lowest BCUT2D eigenvalue weighted by Gasteiger charge is -2.12. The smallest absolute Gasteiger partial charge is 0.259 e. The van der Waals surface area contributed by atoms with Gasteiger partial charge in [-0.15, -0.1) is 0 Å². The van der Waals surface area contributed by atoms with E-state index in [4.69, 9.17) is 4.74 Å². The number of carbonyl (C=O) groups excluding carboxylic acids is 2.